The highest BCUT2D eigenvalue weighted by Gasteiger charge is 2.15. The third kappa shape index (κ3) is 4.17. The van der Waals surface area contributed by atoms with Crippen molar-refractivity contribution in [2.75, 3.05) is 12.4 Å². The van der Waals surface area contributed by atoms with E-state index in [9.17, 15) is 9.18 Å². The van der Waals surface area contributed by atoms with Crippen LogP contribution < -0.4 is 14.8 Å². The van der Waals surface area contributed by atoms with Crippen LogP contribution in [-0.2, 0) is 6.61 Å². The number of ether oxygens (including phenoxy) is 2. The van der Waals surface area contributed by atoms with Crippen LogP contribution in [0.25, 0.3) is 11.0 Å². The number of carbonyl (C=O) groups excluding carboxylic acids is 1. The molecule has 0 fully saturated rings. The van der Waals surface area contributed by atoms with Crippen molar-refractivity contribution in [3.05, 3.63) is 84.2 Å². The summed E-state index contributed by atoms with van der Waals surface area (Å²) >= 11 is 0. The van der Waals surface area contributed by atoms with E-state index in [-0.39, 0.29) is 5.56 Å². The van der Waals surface area contributed by atoms with E-state index in [0.717, 1.165) is 11.6 Å². The van der Waals surface area contributed by atoms with Gasteiger partial charge in [0.2, 0.25) is 0 Å². The molecule has 2 heterocycles. The fourth-order valence-electron chi connectivity index (χ4n) is 2.92. The van der Waals surface area contributed by atoms with Crippen LogP contribution in [0, 0.1) is 5.82 Å². The minimum absolute atomic E-state index is 0.0909. The maximum Gasteiger partial charge on any atom is 0.258 e. The molecule has 4 rings (SSSR count). The number of hydrogen-bond acceptors (Lipinski definition) is 6. The van der Waals surface area contributed by atoms with Crippen LogP contribution in [0.2, 0.25) is 0 Å². The zero-order valence-corrected chi connectivity index (χ0v) is 16.0. The highest BCUT2D eigenvalue weighted by molar-refractivity contribution is 6.11. The minimum atomic E-state index is -0.566. The van der Waals surface area contributed by atoms with Crippen LogP contribution >= 0.6 is 0 Å². The molecule has 2 aromatic heterocycles. The van der Waals surface area contributed by atoms with Gasteiger partial charge in [0, 0.05) is 42.6 Å². The van der Waals surface area contributed by atoms with Gasteiger partial charge in [-0.1, -0.05) is 0 Å². The molecule has 30 heavy (non-hydrogen) atoms. The number of nitrogens with zero attached hydrogens (tertiary/aromatic N) is 3. The van der Waals surface area contributed by atoms with Crippen molar-refractivity contribution in [2.24, 2.45) is 0 Å². The number of amides is 1. The number of aromatic nitrogens is 3. The van der Waals surface area contributed by atoms with Gasteiger partial charge in [0.15, 0.2) is 11.5 Å². The first-order valence-corrected chi connectivity index (χ1v) is 9.05. The van der Waals surface area contributed by atoms with Crippen molar-refractivity contribution in [1.29, 1.82) is 0 Å². The largest absolute Gasteiger partial charge is 0.493 e. The minimum Gasteiger partial charge on any atom is -0.493 e. The van der Waals surface area contributed by atoms with Crippen LogP contribution in [0.4, 0.5) is 10.1 Å². The molecule has 1 N–H and O–H groups in total. The number of nitrogens with one attached hydrogen (secondary N) is 1. The molecular weight excluding hydrogens is 387 g/mol. The molecule has 0 aliphatic heterocycles. The predicted octanol–water partition coefficient (Wildman–Crippen LogP) is 4.00. The average molecular weight is 404 g/mol. The lowest BCUT2D eigenvalue weighted by Gasteiger charge is -2.13. The molecule has 0 saturated carbocycles. The monoisotopic (exact) mass is 404 g/mol. The van der Waals surface area contributed by atoms with Gasteiger partial charge in [-0.25, -0.2) is 4.39 Å². The molecule has 0 aliphatic rings. The Morgan fingerprint density at radius 3 is 2.60 bits per heavy atom. The summed E-state index contributed by atoms with van der Waals surface area (Å²) in [5.74, 6) is -0.102. The molecule has 1 amide bonds. The average Bonchev–Trinajstić information content (AvgIpc) is 2.78. The molecule has 150 valence electrons. The standard InChI is InChI=1S/C22H17FN4O3/c1-29-19-3-2-16(12-20(19)30-13-14-4-6-24-7-5-14)27-22(28)17-10-15(23)11-18-21(17)26-9-8-25-18/h2-12H,13H2,1H3,(H,27,28). The van der Waals surface area contributed by atoms with Crippen molar-refractivity contribution < 1.29 is 18.7 Å². The number of fused-ring (bicyclic) bond motifs is 1. The van der Waals surface area contributed by atoms with Crippen LogP contribution in [0.5, 0.6) is 11.5 Å². The molecule has 0 aliphatic carbocycles. The lowest BCUT2D eigenvalue weighted by molar-refractivity contribution is 0.102. The molecule has 2 aromatic carbocycles. The van der Waals surface area contributed by atoms with Gasteiger partial charge < -0.3 is 14.8 Å². The summed E-state index contributed by atoms with van der Waals surface area (Å²) in [6.45, 7) is 0.306. The maximum absolute atomic E-state index is 13.9. The molecule has 7 nitrogen and oxygen atoms in total. The van der Waals surface area contributed by atoms with Gasteiger partial charge in [-0.05, 0) is 35.9 Å². The lowest BCUT2D eigenvalue weighted by atomic mass is 10.1. The third-order valence-corrected chi connectivity index (χ3v) is 4.35. The molecule has 0 saturated heterocycles. The van der Waals surface area contributed by atoms with E-state index in [1.165, 1.54) is 25.6 Å². The van der Waals surface area contributed by atoms with Crippen molar-refractivity contribution in [1.82, 2.24) is 15.0 Å². The van der Waals surface area contributed by atoms with E-state index < -0.39 is 11.7 Å². The Bertz CT molecular complexity index is 1200. The van der Waals surface area contributed by atoms with Gasteiger partial charge in [-0.2, -0.15) is 0 Å². The van der Waals surface area contributed by atoms with Crippen molar-refractivity contribution in [3.8, 4) is 11.5 Å². The van der Waals surface area contributed by atoms with Gasteiger partial charge in [0.05, 0.1) is 18.2 Å². The molecule has 0 spiro atoms. The Morgan fingerprint density at radius 1 is 1.00 bits per heavy atom. The Kier molecular flexibility index (Phi) is 5.47. The summed E-state index contributed by atoms with van der Waals surface area (Å²) in [7, 11) is 1.53. The molecule has 0 bridgehead atoms. The zero-order valence-electron chi connectivity index (χ0n) is 16.0. The molecule has 0 unspecified atom stereocenters. The molecular formula is C22H17FN4O3. The summed E-state index contributed by atoms with van der Waals surface area (Å²) in [6.07, 6.45) is 6.26. The second-order valence-corrected chi connectivity index (χ2v) is 6.34. The van der Waals surface area contributed by atoms with E-state index in [0.29, 0.717) is 34.8 Å². The number of carbonyl (C=O) groups is 1. The predicted molar refractivity (Wildman–Crippen MR) is 109 cm³/mol. The molecule has 0 atom stereocenters. The SMILES string of the molecule is COc1ccc(NC(=O)c2cc(F)cc3nccnc23)cc1OCc1ccncc1. The molecule has 4 aromatic rings. The molecule has 8 heteroatoms. The van der Waals surface area contributed by atoms with E-state index in [4.69, 9.17) is 9.47 Å². The van der Waals surface area contributed by atoms with Crippen LogP contribution in [-0.4, -0.2) is 28.0 Å². The van der Waals surface area contributed by atoms with Crippen LogP contribution in [0.1, 0.15) is 15.9 Å². The van der Waals surface area contributed by atoms with Gasteiger partial charge in [0.1, 0.15) is 17.9 Å². The Hall–Kier alpha value is -4.07. The van der Waals surface area contributed by atoms with Crippen molar-refractivity contribution in [2.45, 2.75) is 6.61 Å². The number of pyridine rings is 1. The van der Waals surface area contributed by atoms with Gasteiger partial charge in [0.25, 0.3) is 5.91 Å². The second-order valence-electron chi connectivity index (χ2n) is 6.34. The maximum atomic E-state index is 13.9. The van der Waals surface area contributed by atoms with Crippen molar-refractivity contribution in [3.63, 3.8) is 0 Å². The Balaban J connectivity index is 1.58. The first-order valence-electron chi connectivity index (χ1n) is 9.05. The zero-order chi connectivity index (χ0) is 20.9. The number of methoxy groups -OCH3 is 1. The summed E-state index contributed by atoms with van der Waals surface area (Å²) in [4.78, 5) is 25.0. The summed E-state index contributed by atoms with van der Waals surface area (Å²) in [6, 6.07) is 11.0. The number of anilines is 1. The number of halogens is 1. The Morgan fingerprint density at radius 2 is 1.80 bits per heavy atom. The first-order chi connectivity index (χ1) is 14.6. The number of hydrogen-bond donors (Lipinski definition) is 1. The highest BCUT2D eigenvalue weighted by Crippen LogP contribution is 2.31. The fraction of sp³-hybridized carbons (Fsp3) is 0.0909. The quantitative estimate of drug-likeness (QED) is 0.523. The van der Waals surface area contributed by atoms with E-state index in [1.54, 1.807) is 30.6 Å². The van der Waals surface area contributed by atoms with Gasteiger partial charge in [-0.3, -0.25) is 19.7 Å². The van der Waals surface area contributed by atoms with Gasteiger partial charge in [-0.15, -0.1) is 0 Å². The topological polar surface area (TPSA) is 86.2 Å². The highest BCUT2D eigenvalue weighted by atomic mass is 19.1. The summed E-state index contributed by atoms with van der Waals surface area (Å²) < 4.78 is 25.1. The third-order valence-electron chi connectivity index (χ3n) is 4.35. The van der Waals surface area contributed by atoms with Crippen molar-refractivity contribution >= 4 is 22.6 Å². The Labute approximate surface area is 171 Å². The van der Waals surface area contributed by atoms with Crippen LogP contribution in [0.3, 0.4) is 0 Å². The summed E-state index contributed by atoms with van der Waals surface area (Å²) in [5, 5.41) is 2.75. The summed E-state index contributed by atoms with van der Waals surface area (Å²) in [5.41, 5.74) is 2.11. The van der Waals surface area contributed by atoms with E-state index in [2.05, 4.69) is 20.3 Å². The normalized spacial score (nSPS) is 10.6. The lowest BCUT2D eigenvalue weighted by Crippen LogP contribution is -2.13. The van der Waals surface area contributed by atoms with Gasteiger partial charge >= 0.3 is 0 Å². The fourth-order valence-corrected chi connectivity index (χ4v) is 2.92. The number of benzene rings is 2. The second kappa shape index (κ2) is 8.52. The molecule has 0 radical (unpaired) electrons. The van der Waals surface area contributed by atoms with E-state index in [1.807, 2.05) is 12.1 Å². The first kappa shape index (κ1) is 19.3. The number of rotatable bonds is 6. The van der Waals surface area contributed by atoms with Crippen LogP contribution in [0.15, 0.2) is 67.3 Å². The van der Waals surface area contributed by atoms with E-state index >= 15 is 0 Å². The smallest absolute Gasteiger partial charge is 0.258 e.